The van der Waals surface area contributed by atoms with Crippen molar-refractivity contribution in [3.8, 4) is 0 Å². The Morgan fingerprint density at radius 3 is 2.31 bits per heavy atom. The molecule has 1 aromatic heterocycles. The summed E-state index contributed by atoms with van der Waals surface area (Å²) in [5.41, 5.74) is 1.26. The molecule has 0 amide bonds. The summed E-state index contributed by atoms with van der Waals surface area (Å²) in [6.45, 7) is 13.7. The Morgan fingerprint density at radius 2 is 1.66 bits per heavy atom. The maximum absolute atomic E-state index is 4.74. The SMILES string of the molecule is CCCN(CCC)c1cc(N2CCN(C/C=C/c3ccccc3)CC2)nc(C)n1. The lowest BCUT2D eigenvalue weighted by Crippen LogP contribution is -2.46. The topological polar surface area (TPSA) is 35.5 Å². The molecule has 0 saturated carbocycles. The molecule has 2 heterocycles. The van der Waals surface area contributed by atoms with Gasteiger partial charge in [-0.3, -0.25) is 4.90 Å². The van der Waals surface area contributed by atoms with E-state index in [2.05, 4.69) is 77.1 Å². The zero-order valence-corrected chi connectivity index (χ0v) is 18.2. The molecule has 29 heavy (non-hydrogen) atoms. The highest BCUT2D eigenvalue weighted by molar-refractivity contribution is 5.51. The van der Waals surface area contributed by atoms with Crippen LogP contribution in [0.2, 0.25) is 0 Å². The van der Waals surface area contributed by atoms with Gasteiger partial charge in [0.05, 0.1) is 0 Å². The van der Waals surface area contributed by atoms with Crippen LogP contribution in [0.3, 0.4) is 0 Å². The average Bonchev–Trinajstić information content (AvgIpc) is 2.74. The van der Waals surface area contributed by atoms with Crippen LogP contribution < -0.4 is 9.80 Å². The summed E-state index contributed by atoms with van der Waals surface area (Å²) in [5, 5.41) is 0. The van der Waals surface area contributed by atoms with Crippen LogP contribution in [-0.2, 0) is 0 Å². The second-order valence-corrected chi connectivity index (χ2v) is 7.72. The number of hydrogen-bond donors (Lipinski definition) is 0. The molecule has 0 aliphatic carbocycles. The lowest BCUT2D eigenvalue weighted by atomic mass is 10.2. The smallest absolute Gasteiger partial charge is 0.134 e. The van der Waals surface area contributed by atoms with Crippen molar-refractivity contribution in [2.45, 2.75) is 33.6 Å². The molecule has 3 rings (SSSR count). The molecule has 2 aromatic rings. The molecular weight excluding hydrogens is 358 g/mol. The third-order valence-corrected chi connectivity index (χ3v) is 5.29. The lowest BCUT2D eigenvalue weighted by molar-refractivity contribution is 0.283. The van der Waals surface area contributed by atoms with E-state index in [-0.39, 0.29) is 0 Å². The Bertz CT molecular complexity index is 760. The van der Waals surface area contributed by atoms with E-state index in [1.165, 1.54) is 5.56 Å². The maximum Gasteiger partial charge on any atom is 0.134 e. The standard InChI is InChI=1S/C24H35N5/c1-4-13-28(14-5-2)23-20-24(26-21(3)25-23)29-18-16-27(17-19-29)15-9-12-22-10-7-6-8-11-22/h6-12,20H,4-5,13-19H2,1-3H3/b12-9+. The van der Waals surface area contributed by atoms with Crippen LogP contribution in [0.1, 0.15) is 38.1 Å². The minimum atomic E-state index is 0.864. The first-order valence-electron chi connectivity index (χ1n) is 11.0. The molecule has 0 radical (unpaired) electrons. The van der Waals surface area contributed by atoms with Gasteiger partial charge in [-0.05, 0) is 25.3 Å². The number of aryl methyl sites for hydroxylation is 1. The maximum atomic E-state index is 4.74. The molecule has 0 bridgehead atoms. The fraction of sp³-hybridized carbons (Fsp3) is 0.500. The van der Waals surface area contributed by atoms with E-state index in [1.807, 2.05) is 6.92 Å². The van der Waals surface area contributed by atoms with Gasteiger partial charge in [-0.15, -0.1) is 0 Å². The van der Waals surface area contributed by atoms with Crippen LogP contribution in [0.4, 0.5) is 11.6 Å². The monoisotopic (exact) mass is 393 g/mol. The number of benzene rings is 1. The second kappa shape index (κ2) is 11.0. The van der Waals surface area contributed by atoms with Crippen molar-refractivity contribution in [1.82, 2.24) is 14.9 Å². The lowest BCUT2D eigenvalue weighted by Gasteiger charge is -2.35. The Morgan fingerprint density at radius 1 is 0.966 bits per heavy atom. The van der Waals surface area contributed by atoms with E-state index in [1.54, 1.807) is 0 Å². The van der Waals surface area contributed by atoms with Crippen molar-refractivity contribution >= 4 is 17.7 Å². The van der Waals surface area contributed by atoms with Crippen molar-refractivity contribution in [3.05, 3.63) is 53.9 Å². The minimum absolute atomic E-state index is 0.864. The normalized spacial score (nSPS) is 15.2. The molecule has 0 unspecified atom stereocenters. The molecule has 156 valence electrons. The predicted molar refractivity (Wildman–Crippen MR) is 124 cm³/mol. The zero-order chi connectivity index (χ0) is 20.5. The van der Waals surface area contributed by atoms with Crippen LogP contribution in [-0.4, -0.2) is 60.7 Å². The van der Waals surface area contributed by atoms with E-state index in [0.717, 1.165) is 76.1 Å². The van der Waals surface area contributed by atoms with Crippen LogP contribution in [0.25, 0.3) is 6.08 Å². The van der Waals surface area contributed by atoms with Gasteiger partial charge < -0.3 is 9.80 Å². The van der Waals surface area contributed by atoms with E-state index in [0.29, 0.717) is 0 Å². The van der Waals surface area contributed by atoms with E-state index in [9.17, 15) is 0 Å². The van der Waals surface area contributed by atoms with Gasteiger partial charge in [-0.2, -0.15) is 0 Å². The minimum Gasteiger partial charge on any atom is -0.356 e. The highest BCUT2D eigenvalue weighted by Crippen LogP contribution is 2.21. The van der Waals surface area contributed by atoms with E-state index < -0.39 is 0 Å². The molecule has 0 spiro atoms. The van der Waals surface area contributed by atoms with Crippen molar-refractivity contribution in [1.29, 1.82) is 0 Å². The third-order valence-electron chi connectivity index (χ3n) is 5.29. The van der Waals surface area contributed by atoms with Gasteiger partial charge in [0.15, 0.2) is 0 Å². The highest BCUT2D eigenvalue weighted by Gasteiger charge is 2.19. The van der Waals surface area contributed by atoms with Gasteiger partial charge in [0, 0.05) is 51.9 Å². The molecule has 0 N–H and O–H groups in total. The molecule has 5 heteroatoms. The number of piperazine rings is 1. The molecule has 0 atom stereocenters. The van der Waals surface area contributed by atoms with Gasteiger partial charge in [-0.25, -0.2) is 9.97 Å². The molecule has 5 nitrogen and oxygen atoms in total. The van der Waals surface area contributed by atoms with Gasteiger partial charge in [0.2, 0.25) is 0 Å². The Kier molecular flexibility index (Phi) is 8.05. The Balaban J connectivity index is 1.58. The summed E-state index contributed by atoms with van der Waals surface area (Å²) >= 11 is 0. The first-order valence-corrected chi connectivity index (χ1v) is 11.0. The van der Waals surface area contributed by atoms with Gasteiger partial charge in [-0.1, -0.05) is 56.3 Å². The molecule has 1 fully saturated rings. The van der Waals surface area contributed by atoms with Crippen LogP contribution >= 0.6 is 0 Å². The van der Waals surface area contributed by atoms with Crippen molar-refractivity contribution < 1.29 is 0 Å². The van der Waals surface area contributed by atoms with E-state index in [4.69, 9.17) is 9.97 Å². The van der Waals surface area contributed by atoms with Crippen LogP contribution in [0.15, 0.2) is 42.5 Å². The number of hydrogen-bond acceptors (Lipinski definition) is 5. The quantitative estimate of drug-likeness (QED) is 0.636. The Hall–Kier alpha value is -2.40. The number of rotatable bonds is 9. The summed E-state index contributed by atoms with van der Waals surface area (Å²) < 4.78 is 0. The van der Waals surface area contributed by atoms with Gasteiger partial charge in [0.25, 0.3) is 0 Å². The van der Waals surface area contributed by atoms with Crippen molar-refractivity contribution in [2.24, 2.45) is 0 Å². The van der Waals surface area contributed by atoms with Gasteiger partial charge in [0.1, 0.15) is 17.5 Å². The zero-order valence-electron chi connectivity index (χ0n) is 18.2. The Labute approximate surface area is 176 Å². The average molecular weight is 394 g/mol. The fourth-order valence-corrected chi connectivity index (χ4v) is 3.80. The number of nitrogens with zero attached hydrogens (tertiary/aromatic N) is 5. The third kappa shape index (κ3) is 6.29. The fourth-order valence-electron chi connectivity index (χ4n) is 3.80. The predicted octanol–water partition coefficient (Wildman–Crippen LogP) is 4.25. The molecule has 1 aliphatic heterocycles. The summed E-state index contributed by atoms with van der Waals surface area (Å²) in [4.78, 5) is 16.8. The highest BCUT2D eigenvalue weighted by atomic mass is 15.3. The van der Waals surface area contributed by atoms with Crippen LogP contribution in [0.5, 0.6) is 0 Å². The van der Waals surface area contributed by atoms with E-state index >= 15 is 0 Å². The summed E-state index contributed by atoms with van der Waals surface area (Å²) in [5.74, 6) is 3.01. The first-order chi connectivity index (χ1) is 14.2. The number of anilines is 2. The van der Waals surface area contributed by atoms with Gasteiger partial charge >= 0.3 is 0 Å². The summed E-state index contributed by atoms with van der Waals surface area (Å²) in [6.07, 6.45) is 6.74. The largest absolute Gasteiger partial charge is 0.356 e. The molecular formula is C24H35N5. The summed E-state index contributed by atoms with van der Waals surface area (Å²) in [6, 6.07) is 12.7. The first kappa shape index (κ1) is 21.3. The molecule has 1 saturated heterocycles. The summed E-state index contributed by atoms with van der Waals surface area (Å²) in [7, 11) is 0. The number of aromatic nitrogens is 2. The second-order valence-electron chi connectivity index (χ2n) is 7.72. The van der Waals surface area contributed by atoms with Crippen molar-refractivity contribution in [2.75, 3.05) is 55.6 Å². The molecule has 1 aliphatic rings. The molecule has 1 aromatic carbocycles. The van der Waals surface area contributed by atoms with Crippen LogP contribution in [0, 0.1) is 6.92 Å². The van der Waals surface area contributed by atoms with Crippen molar-refractivity contribution in [3.63, 3.8) is 0 Å².